The van der Waals surface area contributed by atoms with Crippen LogP contribution >= 0.6 is 12.4 Å². The number of halogens is 1. The van der Waals surface area contributed by atoms with E-state index in [2.05, 4.69) is 12.1 Å². The van der Waals surface area contributed by atoms with E-state index in [-0.39, 0.29) is 18.2 Å². The summed E-state index contributed by atoms with van der Waals surface area (Å²) in [6.45, 7) is 3.87. The van der Waals surface area contributed by atoms with Crippen molar-refractivity contribution < 1.29 is 17.9 Å². The molecule has 2 aromatic rings. The molecule has 0 amide bonds. The molecule has 2 rings (SSSR count). The van der Waals surface area contributed by atoms with E-state index in [0.717, 1.165) is 12.0 Å². The second-order valence-electron chi connectivity index (χ2n) is 6.91. The summed E-state index contributed by atoms with van der Waals surface area (Å²) in [5.74, 6) is 1.26. The van der Waals surface area contributed by atoms with Gasteiger partial charge < -0.3 is 15.2 Å². The molecule has 2 aromatic carbocycles. The van der Waals surface area contributed by atoms with Gasteiger partial charge in [-0.1, -0.05) is 36.4 Å². The third kappa shape index (κ3) is 7.34. The van der Waals surface area contributed by atoms with Crippen LogP contribution < -0.4 is 15.2 Å². The minimum Gasteiger partial charge on any atom is -0.493 e. The van der Waals surface area contributed by atoms with Crippen molar-refractivity contribution in [3.63, 3.8) is 0 Å². The van der Waals surface area contributed by atoms with Gasteiger partial charge in [0.25, 0.3) is 0 Å². The molecule has 0 aliphatic rings. The average molecular weight is 428 g/mol. The fourth-order valence-corrected chi connectivity index (χ4v) is 3.84. The van der Waals surface area contributed by atoms with Crippen LogP contribution in [0.5, 0.6) is 11.5 Å². The Morgan fingerprint density at radius 2 is 1.68 bits per heavy atom. The molecule has 2 N–H and O–H groups in total. The van der Waals surface area contributed by atoms with Crippen molar-refractivity contribution in [2.75, 3.05) is 19.5 Å². The zero-order valence-electron chi connectivity index (χ0n) is 16.6. The lowest BCUT2D eigenvalue weighted by molar-refractivity contribution is 0.297. The highest BCUT2D eigenvalue weighted by Crippen LogP contribution is 2.28. The van der Waals surface area contributed by atoms with Crippen LogP contribution in [0.2, 0.25) is 0 Å². The third-order valence-electron chi connectivity index (χ3n) is 4.38. The van der Waals surface area contributed by atoms with E-state index in [0.29, 0.717) is 24.5 Å². The molecular weight excluding hydrogens is 398 g/mol. The topological polar surface area (TPSA) is 78.6 Å². The molecule has 0 aliphatic carbocycles. The molecule has 5 nitrogen and oxygen atoms in total. The lowest BCUT2D eigenvalue weighted by Crippen LogP contribution is -2.34. The van der Waals surface area contributed by atoms with Crippen LogP contribution in [-0.2, 0) is 22.7 Å². The van der Waals surface area contributed by atoms with Crippen LogP contribution in [0.1, 0.15) is 25.0 Å². The first-order valence-corrected chi connectivity index (χ1v) is 10.8. The number of rotatable bonds is 10. The zero-order valence-corrected chi connectivity index (χ0v) is 18.3. The Hall–Kier alpha value is -1.76. The quantitative estimate of drug-likeness (QED) is 0.628. The highest BCUT2D eigenvalue weighted by atomic mass is 35.5. The summed E-state index contributed by atoms with van der Waals surface area (Å²) in [7, 11) is -1.57. The normalized spacial score (nSPS) is 12.3. The minimum atomic E-state index is -3.17. The van der Waals surface area contributed by atoms with Gasteiger partial charge in [0.05, 0.1) is 24.7 Å². The van der Waals surface area contributed by atoms with Crippen LogP contribution in [-0.4, -0.2) is 39.2 Å². The van der Waals surface area contributed by atoms with Crippen molar-refractivity contribution in [2.45, 2.75) is 38.0 Å². The maximum absolute atomic E-state index is 12.0. The minimum absolute atomic E-state index is 0. The average Bonchev–Trinajstić information content (AvgIpc) is 2.62. The van der Waals surface area contributed by atoms with Gasteiger partial charge in [-0.25, -0.2) is 8.42 Å². The molecule has 0 fully saturated rings. The Kier molecular flexibility index (Phi) is 9.79. The second kappa shape index (κ2) is 11.3. The molecule has 0 saturated carbocycles. The summed E-state index contributed by atoms with van der Waals surface area (Å²) in [6.07, 6.45) is 1.26. The van der Waals surface area contributed by atoms with Crippen molar-refractivity contribution in [2.24, 2.45) is 5.73 Å². The molecule has 156 valence electrons. The third-order valence-corrected chi connectivity index (χ3v) is 6.71. The molecule has 0 spiro atoms. The molecule has 28 heavy (non-hydrogen) atoms. The van der Waals surface area contributed by atoms with Gasteiger partial charge in [-0.3, -0.25) is 0 Å². The molecule has 0 bridgehead atoms. The zero-order chi connectivity index (χ0) is 19.9. The van der Waals surface area contributed by atoms with Gasteiger partial charge in [-0.15, -0.1) is 12.4 Å². The molecular formula is C21H30ClNO4S. The van der Waals surface area contributed by atoms with Gasteiger partial charge in [0, 0.05) is 12.5 Å². The summed E-state index contributed by atoms with van der Waals surface area (Å²) < 4.78 is 35.4. The van der Waals surface area contributed by atoms with Crippen molar-refractivity contribution >= 4 is 22.2 Å². The van der Waals surface area contributed by atoms with Gasteiger partial charge >= 0.3 is 0 Å². The van der Waals surface area contributed by atoms with Gasteiger partial charge in [0.15, 0.2) is 21.3 Å². The van der Waals surface area contributed by atoms with E-state index in [9.17, 15) is 8.42 Å². The highest BCUT2D eigenvalue weighted by Gasteiger charge is 2.20. The van der Waals surface area contributed by atoms with Gasteiger partial charge in [-0.05, 0) is 43.5 Å². The maximum atomic E-state index is 12.0. The highest BCUT2D eigenvalue weighted by molar-refractivity contribution is 7.92. The fraction of sp³-hybridized carbons (Fsp3) is 0.429. The molecule has 0 aromatic heterocycles. The van der Waals surface area contributed by atoms with Crippen LogP contribution in [0.3, 0.4) is 0 Å². The molecule has 7 heteroatoms. The number of hydrogen-bond donors (Lipinski definition) is 1. The van der Waals surface area contributed by atoms with E-state index >= 15 is 0 Å². The predicted molar refractivity (Wildman–Crippen MR) is 116 cm³/mol. The first-order valence-electron chi connectivity index (χ1n) is 9.12. The summed E-state index contributed by atoms with van der Waals surface area (Å²) in [5.41, 5.74) is 8.21. The molecule has 0 saturated heterocycles. The van der Waals surface area contributed by atoms with Crippen molar-refractivity contribution in [1.29, 1.82) is 0 Å². The Morgan fingerprint density at radius 1 is 1.00 bits per heavy atom. The summed E-state index contributed by atoms with van der Waals surface area (Å²) >= 11 is 0. The van der Waals surface area contributed by atoms with Crippen molar-refractivity contribution in [3.05, 3.63) is 59.7 Å². The van der Waals surface area contributed by atoms with Crippen LogP contribution in [0.25, 0.3) is 0 Å². The van der Waals surface area contributed by atoms with E-state index in [1.807, 2.05) is 36.4 Å². The number of methoxy groups -OCH3 is 1. The van der Waals surface area contributed by atoms with Crippen LogP contribution in [0.4, 0.5) is 0 Å². The second-order valence-corrected chi connectivity index (χ2v) is 9.51. The smallest absolute Gasteiger partial charge is 0.161 e. The Labute approximate surface area is 174 Å². The van der Waals surface area contributed by atoms with Gasteiger partial charge in [0.2, 0.25) is 0 Å². The Bertz CT molecular complexity index is 826. The number of nitrogens with two attached hydrogens (primary N) is 1. The first-order chi connectivity index (χ1) is 12.8. The molecule has 0 aliphatic heterocycles. The van der Waals surface area contributed by atoms with Crippen LogP contribution in [0.15, 0.2) is 48.5 Å². The van der Waals surface area contributed by atoms with Crippen molar-refractivity contribution in [1.82, 2.24) is 0 Å². The Morgan fingerprint density at radius 3 is 2.29 bits per heavy atom. The number of hydrogen-bond acceptors (Lipinski definition) is 5. The van der Waals surface area contributed by atoms with E-state index in [1.165, 1.54) is 5.56 Å². The molecule has 0 heterocycles. The largest absolute Gasteiger partial charge is 0.493 e. The van der Waals surface area contributed by atoms with E-state index in [4.69, 9.17) is 15.2 Å². The van der Waals surface area contributed by atoms with Gasteiger partial charge in [-0.2, -0.15) is 0 Å². The van der Waals surface area contributed by atoms with E-state index < -0.39 is 21.1 Å². The van der Waals surface area contributed by atoms with Crippen LogP contribution in [0, 0.1) is 0 Å². The maximum Gasteiger partial charge on any atom is 0.161 e. The van der Waals surface area contributed by atoms with Gasteiger partial charge in [0.1, 0.15) is 0 Å². The number of ether oxygens (including phenoxy) is 2. The summed E-state index contributed by atoms with van der Waals surface area (Å²) in [4.78, 5) is 0. The lowest BCUT2D eigenvalue weighted by atomic mass is 10.1. The summed E-state index contributed by atoms with van der Waals surface area (Å²) in [6, 6.07) is 15.3. The molecule has 1 unspecified atom stereocenters. The molecule has 0 radical (unpaired) electrons. The monoisotopic (exact) mass is 427 g/mol. The predicted octanol–water partition coefficient (Wildman–Crippen LogP) is 3.43. The van der Waals surface area contributed by atoms with Crippen molar-refractivity contribution in [3.8, 4) is 11.5 Å². The standard InChI is InChI=1S/C21H29NO4S.ClH/c1-16(2)27(23,24)15-19(22)13-18-9-10-20(25-3)21(14-18)26-12-11-17-7-5-4-6-8-17;/h4-10,14,16,19H,11-13,15,22H2,1-3H3;1H. The van der Waals surface area contributed by atoms with E-state index in [1.54, 1.807) is 21.0 Å². The first kappa shape index (κ1) is 24.3. The SMILES string of the molecule is COc1ccc(CC(N)CS(=O)(=O)C(C)C)cc1OCCc1ccccc1.Cl. The number of sulfone groups is 1. The molecule has 1 atom stereocenters. The Balaban J connectivity index is 0.00000392. The summed E-state index contributed by atoms with van der Waals surface area (Å²) in [5, 5.41) is -0.420. The fourth-order valence-electron chi connectivity index (χ4n) is 2.74. The number of benzene rings is 2. The lowest BCUT2D eigenvalue weighted by Gasteiger charge is -2.16.